The van der Waals surface area contributed by atoms with Gasteiger partial charge in [-0.25, -0.2) is 0 Å². The van der Waals surface area contributed by atoms with Crippen LogP contribution in [-0.2, 0) is 4.79 Å². The maximum atomic E-state index is 11.9. The van der Waals surface area contributed by atoms with Gasteiger partial charge in [-0.3, -0.25) is 4.79 Å². The number of carbonyl (C=O) groups is 1. The maximum absolute atomic E-state index is 11.9. The fraction of sp³-hybridized carbons (Fsp3) is 0.214. The third-order valence-electron chi connectivity index (χ3n) is 2.54. The number of benzene rings is 1. The van der Waals surface area contributed by atoms with Crippen LogP contribution in [0.25, 0.3) is 0 Å². The van der Waals surface area contributed by atoms with Gasteiger partial charge in [0.1, 0.15) is 0 Å². The van der Waals surface area contributed by atoms with E-state index in [9.17, 15) is 4.79 Å². The van der Waals surface area contributed by atoms with Crippen molar-refractivity contribution in [2.45, 2.75) is 17.9 Å². The lowest BCUT2D eigenvalue weighted by Crippen LogP contribution is -2.27. The van der Waals surface area contributed by atoms with Gasteiger partial charge in [0.15, 0.2) is 0 Å². The highest BCUT2D eigenvalue weighted by molar-refractivity contribution is 8.00. The number of halogens is 1. The van der Waals surface area contributed by atoms with Crippen LogP contribution in [0.15, 0.2) is 46.7 Å². The number of nitrogens with one attached hydrogen (secondary N) is 1. The molecule has 1 atom stereocenters. The number of amides is 1. The predicted molar refractivity (Wildman–Crippen MR) is 83.1 cm³/mol. The summed E-state index contributed by atoms with van der Waals surface area (Å²) in [4.78, 5) is 14.0. The first-order valence-corrected chi connectivity index (χ1v) is 8.11. The van der Waals surface area contributed by atoms with Crippen LogP contribution in [0.4, 0.5) is 0 Å². The van der Waals surface area contributed by atoms with Gasteiger partial charge in [0.2, 0.25) is 5.91 Å². The van der Waals surface area contributed by atoms with Crippen molar-refractivity contribution in [2.75, 3.05) is 5.75 Å². The van der Waals surface area contributed by atoms with E-state index in [0.717, 1.165) is 9.77 Å². The summed E-state index contributed by atoms with van der Waals surface area (Å²) in [5, 5.41) is 5.68. The molecule has 0 saturated heterocycles. The van der Waals surface area contributed by atoms with Gasteiger partial charge in [0.05, 0.1) is 16.8 Å². The summed E-state index contributed by atoms with van der Waals surface area (Å²) in [6, 6.07) is 11.6. The van der Waals surface area contributed by atoms with E-state index in [4.69, 9.17) is 11.6 Å². The van der Waals surface area contributed by atoms with Crippen LogP contribution in [0, 0.1) is 0 Å². The predicted octanol–water partition coefficient (Wildman–Crippen LogP) is 4.37. The number of thiophene rings is 1. The Hall–Kier alpha value is -0.970. The molecule has 5 heteroatoms. The summed E-state index contributed by atoms with van der Waals surface area (Å²) in [6.45, 7) is 1.99. The van der Waals surface area contributed by atoms with Crippen LogP contribution >= 0.6 is 34.7 Å². The van der Waals surface area contributed by atoms with Crippen molar-refractivity contribution in [3.05, 3.63) is 51.7 Å². The Bertz CT molecular complexity index is 542. The van der Waals surface area contributed by atoms with E-state index in [0.29, 0.717) is 10.8 Å². The van der Waals surface area contributed by atoms with E-state index in [1.54, 1.807) is 11.3 Å². The molecule has 19 heavy (non-hydrogen) atoms. The average Bonchev–Trinajstić information content (AvgIpc) is 2.91. The molecule has 0 radical (unpaired) electrons. The molecule has 0 saturated carbocycles. The van der Waals surface area contributed by atoms with E-state index in [2.05, 4.69) is 5.32 Å². The van der Waals surface area contributed by atoms with Crippen LogP contribution in [0.1, 0.15) is 17.8 Å². The van der Waals surface area contributed by atoms with Gasteiger partial charge in [-0.2, -0.15) is 0 Å². The molecule has 0 fully saturated rings. The van der Waals surface area contributed by atoms with E-state index >= 15 is 0 Å². The minimum Gasteiger partial charge on any atom is -0.348 e. The van der Waals surface area contributed by atoms with Crippen LogP contribution in [-0.4, -0.2) is 11.7 Å². The molecule has 1 amide bonds. The molecule has 0 bridgehead atoms. The molecule has 100 valence electrons. The van der Waals surface area contributed by atoms with E-state index in [-0.39, 0.29) is 11.9 Å². The van der Waals surface area contributed by atoms with Crippen LogP contribution in [0.2, 0.25) is 5.02 Å². The zero-order valence-corrected chi connectivity index (χ0v) is 12.8. The van der Waals surface area contributed by atoms with Crippen molar-refractivity contribution in [3.63, 3.8) is 0 Å². The van der Waals surface area contributed by atoms with Crippen LogP contribution in [0.3, 0.4) is 0 Å². The zero-order chi connectivity index (χ0) is 13.7. The fourth-order valence-electron chi connectivity index (χ4n) is 1.60. The molecule has 1 unspecified atom stereocenters. The lowest BCUT2D eigenvalue weighted by atomic mass is 10.3. The van der Waals surface area contributed by atoms with Crippen molar-refractivity contribution in [3.8, 4) is 0 Å². The number of carbonyl (C=O) groups excluding carboxylic acids is 1. The first-order valence-electron chi connectivity index (χ1n) is 5.87. The van der Waals surface area contributed by atoms with Crippen molar-refractivity contribution in [2.24, 2.45) is 0 Å². The van der Waals surface area contributed by atoms with Gasteiger partial charge in [-0.05, 0) is 30.5 Å². The van der Waals surface area contributed by atoms with E-state index in [1.165, 1.54) is 11.8 Å². The van der Waals surface area contributed by atoms with Crippen LogP contribution < -0.4 is 5.32 Å². The highest BCUT2D eigenvalue weighted by atomic mass is 35.5. The van der Waals surface area contributed by atoms with Crippen molar-refractivity contribution in [1.82, 2.24) is 5.32 Å². The summed E-state index contributed by atoms with van der Waals surface area (Å²) in [5.74, 6) is 0.394. The third kappa shape index (κ3) is 4.27. The lowest BCUT2D eigenvalue weighted by molar-refractivity contribution is -0.119. The van der Waals surface area contributed by atoms with Gasteiger partial charge in [-0.15, -0.1) is 23.1 Å². The molecule has 2 aromatic rings. The monoisotopic (exact) mass is 311 g/mol. The van der Waals surface area contributed by atoms with Crippen molar-refractivity contribution in [1.29, 1.82) is 0 Å². The maximum Gasteiger partial charge on any atom is 0.230 e. The van der Waals surface area contributed by atoms with Crippen molar-refractivity contribution >= 4 is 40.6 Å². The number of rotatable bonds is 5. The third-order valence-corrected chi connectivity index (χ3v) is 5.11. The Labute approximate surface area is 126 Å². The molecule has 1 aromatic heterocycles. The second kappa shape index (κ2) is 6.98. The zero-order valence-electron chi connectivity index (χ0n) is 10.4. The molecular weight excluding hydrogens is 298 g/mol. The van der Waals surface area contributed by atoms with Gasteiger partial charge in [-0.1, -0.05) is 29.8 Å². The van der Waals surface area contributed by atoms with E-state index in [1.807, 2.05) is 48.7 Å². The van der Waals surface area contributed by atoms with Gasteiger partial charge in [0, 0.05) is 9.77 Å². The van der Waals surface area contributed by atoms with Crippen molar-refractivity contribution < 1.29 is 4.79 Å². The Kier molecular flexibility index (Phi) is 5.31. The lowest BCUT2D eigenvalue weighted by Gasteiger charge is -2.12. The van der Waals surface area contributed by atoms with Gasteiger partial charge in [0.25, 0.3) is 0 Å². The molecule has 2 rings (SSSR count). The second-order valence-corrected chi connectivity index (χ2v) is 6.43. The molecule has 0 aliphatic carbocycles. The Balaban J connectivity index is 1.84. The van der Waals surface area contributed by atoms with Crippen LogP contribution in [0.5, 0.6) is 0 Å². The molecule has 0 aliphatic rings. The second-order valence-electron chi connectivity index (χ2n) is 4.02. The van der Waals surface area contributed by atoms with E-state index < -0.39 is 0 Å². The normalized spacial score (nSPS) is 12.1. The summed E-state index contributed by atoms with van der Waals surface area (Å²) >= 11 is 9.14. The SMILES string of the molecule is CC(NC(=O)CSc1ccccc1Cl)c1cccs1. The molecule has 2 nitrogen and oxygen atoms in total. The quantitative estimate of drug-likeness (QED) is 0.831. The standard InChI is InChI=1S/C14H14ClNOS2/c1-10(12-7-4-8-18-12)16-14(17)9-19-13-6-3-2-5-11(13)15/h2-8,10H,9H2,1H3,(H,16,17). The minimum atomic E-state index is 0.0193. The Morgan fingerprint density at radius 2 is 2.16 bits per heavy atom. The summed E-state index contributed by atoms with van der Waals surface area (Å²) < 4.78 is 0. The molecule has 1 aromatic carbocycles. The highest BCUT2D eigenvalue weighted by Crippen LogP contribution is 2.26. The van der Waals surface area contributed by atoms with Gasteiger partial charge < -0.3 is 5.32 Å². The smallest absolute Gasteiger partial charge is 0.230 e. The Morgan fingerprint density at radius 3 is 2.84 bits per heavy atom. The highest BCUT2D eigenvalue weighted by Gasteiger charge is 2.11. The minimum absolute atomic E-state index is 0.0193. The first kappa shape index (κ1) is 14.4. The molecule has 0 spiro atoms. The summed E-state index contributed by atoms with van der Waals surface area (Å²) in [5.41, 5.74) is 0. The molecular formula is C14H14ClNOS2. The number of hydrogen-bond acceptors (Lipinski definition) is 3. The number of hydrogen-bond donors (Lipinski definition) is 1. The average molecular weight is 312 g/mol. The first-order chi connectivity index (χ1) is 9.16. The molecule has 1 heterocycles. The van der Waals surface area contributed by atoms with Gasteiger partial charge >= 0.3 is 0 Å². The molecule has 1 N–H and O–H groups in total. The largest absolute Gasteiger partial charge is 0.348 e. The fourth-order valence-corrected chi connectivity index (χ4v) is 3.38. The summed E-state index contributed by atoms with van der Waals surface area (Å²) in [6.07, 6.45) is 0. The Morgan fingerprint density at radius 1 is 1.37 bits per heavy atom. The molecule has 0 aliphatic heterocycles. The topological polar surface area (TPSA) is 29.1 Å². The summed E-state index contributed by atoms with van der Waals surface area (Å²) in [7, 11) is 0. The number of thioether (sulfide) groups is 1.